The second-order valence-corrected chi connectivity index (χ2v) is 23.9. The zero-order chi connectivity index (χ0) is 46.8. The van der Waals surface area contributed by atoms with E-state index in [1.807, 2.05) is 30.2 Å². The number of primary amides is 2. The first-order valence-electron chi connectivity index (χ1n) is 22.3. The van der Waals surface area contributed by atoms with Crippen LogP contribution in [0.3, 0.4) is 0 Å². The zero-order valence-electron chi connectivity index (χ0n) is 38.6. The maximum absolute atomic E-state index is 14.3. The Hall–Kier alpha value is -5.86. The molecule has 0 atom stereocenters. The predicted molar refractivity (Wildman–Crippen MR) is 254 cm³/mol. The van der Waals surface area contributed by atoms with Gasteiger partial charge in [-0.15, -0.1) is 0 Å². The molecule has 0 unspecified atom stereocenters. The van der Waals surface area contributed by atoms with E-state index in [4.69, 9.17) is 35.7 Å². The average Bonchev–Trinajstić information content (AvgIpc) is 3.98. The number of nitrogens with one attached hydrogen (secondary N) is 1. The Bertz CT molecular complexity index is 2680. The third kappa shape index (κ3) is 10.2. The normalized spacial score (nSPS) is 15.6. The molecular weight excluding hydrogens is 865 g/mol. The van der Waals surface area contributed by atoms with Crippen LogP contribution in [0.15, 0.2) is 40.4 Å². The van der Waals surface area contributed by atoms with Crippen molar-refractivity contribution in [2.75, 3.05) is 30.0 Å². The van der Waals surface area contributed by atoms with Crippen molar-refractivity contribution in [3.63, 3.8) is 0 Å². The number of nitrogens with two attached hydrogens (primary N) is 2. The van der Waals surface area contributed by atoms with Gasteiger partial charge in [-0.05, 0) is 107 Å². The minimum absolute atomic E-state index is 0.0590. The Labute approximate surface area is 384 Å². The van der Waals surface area contributed by atoms with Crippen LogP contribution < -0.4 is 26.4 Å². The van der Waals surface area contributed by atoms with E-state index in [-0.39, 0.29) is 28.0 Å². The molecule has 0 aliphatic carbocycles. The molecule has 346 valence electrons. The van der Waals surface area contributed by atoms with Crippen LogP contribution in [0.1, 0.15) is 125 Å². The number of benzene rings is 1. The number of hydrogen-bond acceptors (Lipinski definition) is 12. The van der Waals surface area contributed by atoms with Crippen molar-refractivity contribution in [1.82, 2.24) is 34.1 Å². The highest BCUT2D eigenvalue weighted by Crippen LogP contribution is 2.40. The lowest BCUT2D eigenvalue weighted by Gasteiger charge is -2.36. The lowest BCUT2D eigenvalue weighted by molar-refractivity contribution is 0.0985. The van der Waals surface area contributed by atoms with Crippen LogP contribution in [-0.4, -0.2) is 91.0 Å². The van der Waals surface area contributed by atoms with Crippen molar-refractivity contribution in [1.29, 1.82) is 0 Å². The predicted octanol–water partition coefficient (Wildman–Crippen LogP) is 7.02. The molecule has 1 aromatic carbocycles. The molecule has 18 nitrogen and oxygen atoms in total. The molecule has 4 aromatic heterocycles. The quantitative estimate of drug-likeness (QED) is 0.100. The van der Waals surface area contributed by atoms with Crippen LogP contribution >= 0.6 is 11.8 Å². The number of amides is 4. The number of carbonyl (C=O) groups excluding carboxylic acids is 4. The Morgan fingerprint density at radius 1 is 0.923 bits per heavy atom. The molecule has 0 fully saturated rings. The first kappa shape index (κ1) is 47.1. The first-order chi connectivity index (χ1) is 30.9. The molecule has 5 aromatic rings. The Morgan fingerprint density at radius 2 is 1.66 bits per heavy atom. The summed E-state index contributed by atoms with van der Waals surface area (Å²) < 4.78 is 18.2. The van der Waals surface area contributed by atoms with Gasteiger partial charge in [-0.25, -0.2) is 9.97 Å². The van der Waals surface area contributed by atoms with Gasteiger partial charge in [-0.3, -0.25) is 33.9 Å². The van der Waals surface area contributed by atoms with E-state index in [0.29, 0.717) is 115 Å². The summed E-state index contributed by atoms with van der Waals surface area (Å²) >= 11 is 1.26. The monoisotopic (exact) mass is 924 g/mol. The summed E-state index contributed by atoms with van der Waals surface area (Å²) in [5.74, 6) is -0.814. The molecule has 4 amide bonds. The summed E-state index contributed by atoms with van der Waals surface area (Å²) in [5, 5.41) is 12.9. The molecular formula is C45H60N12O6SSi. The molecule has 0 saturated heterocycles. The fourth-order valence-electron chi connectivity index (χ4n) is 7.83. The van der Waals surface area contributed by atoms with Crippen molar-refractivity contribution >= 4 is 71.7 Å². The Morgan fingerprint density at radius 3 is 2.38 bits per heavy atom. The maximum Gasteiger partial charge on any atom is 0.297 e. The van der Waals surface area contributed by atoms with Gasteiger partial charge in [-0.2, -0.15) is 15.2 Å². The Kier molecular flexibility index (Phi) is 14.0. The average molecular weight is 925 g/mol. The van der Waals surface area contributed by atoms with Gasteiger partial charge in [0.2, 0.25) is 17.8 Å². The number of rotatable bonds is 9. The number of ether oxygens (including phenoxy) is 1. The summed E-state index contributed by atoms with van der Waals surface area (Å²) in [6.07, 6.45) is 6.09. The summed E-state index contributed by atoms with van der Waals surface area (Å²) in [4.78, 5) is 70.1. The molecule has 5 N–H and O–H groups in total. The topological polar surface area (TPSA) is 233 Å². The SMILES string of the molecule is CCn1nc(C)c2c1C(=O)N=C1Sc3cc(C(N)=O)cnc3N1CCCCn1c(nc3cc(C(N)=O)cc(OCCCO[Si](C)(C)C(C)(C)C)c31)NC(=O)c1cc(C)nn1CCCCC2. The summed E-state index contributed by atoms with van der Waals surface area (Å²) in [6, 6.07) is 6.66. The van der Waals surface area contributed by atoms with E-state index < -0.39 is 26.0 Å². The number of anilines is 2. The number of fused-ring (bicyclic) bond motifs is 8. The van der Waals surface area contributed by atoms with Gasteiger partial charge in [0, 0.05) is 56.5 Å². The number of nitrogens with zero attached hydrogens (tertiary/aromatic N) is 9. The number of amidine groups is 1. The van der Waals surface area contributed by atoms with Gasteiger partial charge < -0.3 is 30.1 Å². The van der Waals surface area contributed by atoms with Crippen LogP contribution in [0, 0.1) is 13.8 Å². The molecule has 7 rings (SSSR count). The van der Waals surface area contributed by atoms with Crippen LogP contribution in [-0.2, 0) is 30.5 Å². The molecule has 0 radical (unpaired) electrons. The van der Waals surface area contributed by atoms with E-state index in [1.165, 1.54) is 18.0 Å². The fraction of sp³-hybridized carbons (Fsp3) is 0.489. The molecule has 20 heteroatoms. The van der Waals surface area contributed by atoms with Gasteiger partial charge in [0.25, 0.3) is 11.8 Å². The number of pyridine rings is 1. The van der Waals surface area contributed by atoms with E-state index in [9.17, 15) is 19.2 Å². The van der Waals surface area contributed by atoms with Crippen molar-refractivity contribution in [3.05, 3.63) is 69.9 Å². The van der Waals surface area contributed by atoms with Crippen molar-refractivity contribution < 1.29 is 28.3 Å². The summed E-state index contributed by atoms with van der Waals surface area (Å²) in [6.45, 7) is 19.3. The molecule has 0 bridgehead atoms. The smallest absolute Gasteiger partial charge is 0.297 e. The number of aromatic nitrogens is 7. The number of aliphatic imine (C=N–C) groups is 1. The van der Waals surface area contributed by atoms with E-state index >= 15 is 0 Å². The summed E-state index contributed by atoms with van der Waals surface area (Å²) in [7, 11) is -1.98. The second kappa shape index (κ2) is 19.3. The van der Waals surface area contributed by atoms with Gasteiger partial charge in [-0.1, -0.05) is 27.2 Å². The van der Waals surface area contributed by atoms with Crippen LogP contribution in [0.5, 0.6) is 5.75 Å². The lowest BCUT2D eigenvalue weighted by Crippen LogP contribution is -2.41. The number of carbonyl (C=O) groups is 4. The molecule has 0 spiro atoms. The molecule has 2 aliphatic rings. The van der Waals surface area contributed by atoms with Gasteiger partial charge in [0.05, 0.1) is 34.0 Å². The lowest BCUT2D eigenvalue weighted by atomic mass is 10.0. The van der Waals surface area contributed by atoms with Gasteiger partial charge in [0.1, 0.15) is 28.5 Å². The Balaban J connectivity index is 1.26. The molecule has 0 saturated carbocycles. The maximum atomic E-state index is 14.3. The van der Waals surface area contributed by atoms with E-state index in [0.717, 1.165) is 30.5 Å². The summed E-state index contributed by atoms with van der Waals surface area (Å²) in [5.41, 5.74) is 16.1. The second-order valence-electron chi connectivity index (χ2n) is 18.1. The van der Waals surface area contributed by atoms with Gasteiger partial charge >= 0.3 is 0 Å². The van der Waals surface area contributed by atoms with Crippen LogP contribution in [0.4, 0.5) is 11.8 Å². The van der Waals surface area contributed by atoms with Crippen LogP contribution in [0.2, 0.25) is 18.1 Å². The third-order valence-corrected chi connectivity index (χ3v) is 17.9. The van der Waals surface area contributed by atoms with Crippen LogP contribution in [0.25, 0.3) is 11.0 Å². The molecule has 2 aliphatic heterocycles. The highest BCUT2D eigenvalue weighted by atomic mass is 32.2. The molecule has 65 heavy (non-hydrogen) atoms. The van der Waals surface area contributed by atoms with Gasteiger partial charge in [0.15, 0.2) is 13.5 Å². The molecule has 6 heterocycles. The van der Waals surface area contributed by atoms with Crippen molar-refractivity contribution in [3.8, 4) is 5.75 Å². The number of hydrogen-bond donors (Lipinski definition) is 3. The number of thioether (sulfide) groups is 1. The standard InChI is InChI=1S/C45H60N12O6SSi/c1-9-56-36-31(28(3)53-56)16-11-10-12-19-57-33(22-27(2)52-57)41(60)50-43-49-32-23-29(38(46)58)24-34(62-20-15-21-63-65(7,8)45(4,5)6)37(32)54(43)17-13-14-18-55-40-35(64-44(55)51-42(36)61)25-30(26-48-40)39(47)59/h22-26H,9-21H2,1-8H3,(H2,46,58)(H2,47,59)(H,49,50,60). The highest BCUT2D eigenvalue weighted by molar-refractivity contribution is 8.14. The minimum Gasteiger partial charge on any atom is -0.491 e. The van der Waals surface area contributed by atoms with E-state index in [1.54, 1.807) is 33.6 Å². The van der Waals surface area contributed by atoms with E-state index in [2.05, 4.69) is 49.3 Å². The highest BCUT2D eigenvalue weighted by Gasteiger charge is 2.37. The number of imidazole rings is 1. The largest absolute Gasteiger partial charge is 0.491 e. The third-order valence-electron chi connectivity index (χ3n) is 12.3. The van der Waals surface area contributed by atoms with Crippen molar-refractivity contribution in [2.45, 2.75) is 129 Å². The number of aryl methyl sites for hydroxylation is 5. The van der Waals surface area contributed by atoms with Crippen molar-refractivity contribution in [2.24, 2.45) is 16.5 Å². The first-order valence-corrected chi connectivity index (χ1v) is 26.0. The minimum atomic E-state index is -1.98. The zero-order valence-corrected chi connectivity index (χ0v) is 40.4. The fourth-order valence-corrected chi connectivity index (χ4v) is 9.97.